The number of carbonyl (C=O) groups excluding carboxylic acids is 3. The highest BCUT2D eigenvalue weighted by molar-refractivity contribution is 6.07. The van der Waals surface area contributed by atoms with Crippen LogP contribution in [0.1, 0.15) is 40.0 Å². The molecule has 118 valence electrons. The molecular formula is C14H24N4O3. The third kappa shape index (κ3) is 3.72. The van der Waals surface area contributed by atoms with Crippen LogP contribution in [-0.4, -0.2) is 53.5 Å². The number of rotatable bonds is 3. The summed E-state index contributed by atoms with van der Waals surface area (Å²) >= 11 is 0. The van der Waals surface area contributed by atoms with Gasteiger partial charge in [0.25, 0.3) is 5.91 Å². The van der Waals surface area contributed by atoms with Crippen molar-refractivity contribution < 1.29 is 14.4 Å². The first-order valence-corrected chi connectivity index (χ1v) is 7.38. The van der Waals surface area contributed by atoms with Gasteiger partial charge in [0.2, 0.25) is 5.91 Å². The van der Waals surface area contributed by atoms with Crippen LogP contribution in [0, 0.1) is 0 Å². The van der Waals surface area contributed by atoms with Crippen LogP contribution >= 0.6 is 0 Å². The van der Waals surface area contributed by atoms with E-state index >= 15 is 0 Å². The van der Waals surface area contributed by atoms with E-state index in [1.807, 2.05) is 0 Å². The molecule has 0 unspecified atom stereocenters. The summed E-state index contributed by atoms with van der Waals surface area (Å²) in [5, 5.41) is 8.25. The van der Waals surface area contributed by atoms with Gasteiger partial charge in [-0.25, -0.2) is 4.79 Å². The first-order valence-electron chi connectivity index (χ1n) is 7.38. The molecule has 0 aromatic carbocycles. The van der Waals surface area contributed by atoms with Crippen molar-refractivity contribution in [2.24, 2.45) is 0 Å². The second-order valence-corrected chi connectivity index (χ2v) is 6.80. The molecule has 7 nitrogen and oxygen atoms in total. The van der Waals surface area contributed by atoms with Gasteiger partial charge in [0.1, 0.15) is 5.54 Å². The number of hydrogen-bond acceptors (Lipinski definition) is 4. The van der Waals surface area contributed by atoms with E-state index < -0.39 is 11.6 Å². The van der Waals surface area contributed by atoms with Crippen LogP contribution in [0.3, 0.4) is 0 Å². The fourth-order valence-electron chi connectivity index (χ4n) is 2.72. The minimum atomic E-state index is -0.808. The standard InChI is InChI=1S/C14H24N4O3/c1-13(2,3)15-7-4-10(19)18-8-5-14(6-9-18)11(20)16-12(21)17-14/h15H,4-9H2,1-3H3,(H2,16,17,20,21). The third-order valence-electron chi connectivity index (χ3n) is 3.98. The minimum Gasteiger partial charge on any atom is -0.342 e. The fraction of sp³-hybridized carbons (Fsp3) is 0.786. The van der Waals surface area contributed by atoms with E-state index in [1.165, 1.54) is 0 Å². The zero-order valence-electron chi connectivity index (χ0n) is 12.9. The van der Waals surface area contributed by atoms with Crippen LogP contribution in [0.5, 0.6) is 0 Å². The molecule has 0 radical (unpaired) electrons. The Balaban J connectivity index is 1.80. The van der Waals surface area contributed by atoms with Gasteiger partial charge in [-0.05, 0) is 33.6 Å². The second kappa shape index (κ2) is 5.63. The van der Waals surface area contributed by atoms with E-state index in [0.717, 1.165) is 0 Å². The molecule has 2 heterocycles. The van der Waals surface area contributed by atoms with Gasteiger partial charge in [0, 0.05) is 31.6 Å². The molecular weight excluding hydrogens is 272 g/mol. The molecule has 0 aromatic rings. The summed E-state index contributed by atoms with van der Waals surface area (Å²) in [4.78, 5) is 37.0. The van der Waals surface area contributed by atoms with E-state index in [2.05, 4.69) is 36.7 Å². The fourth-order valence-corrected chi connectivity index (χ4v) is 2.72. The molecule has 4 amide bonds. The summed E-state index contributed by atoms with van der Waals surface area (Å²) in [6, 6.07) is -0.436. The average molecular weight is 296 g/mol. The van der Waals surface area contributed by atoms with Gasteiger partial charge in [-0.2, -0.15) is 0 Å². The third-order valence-corrected chi connectivity index (χ3v) is 3.98. The largest absolute Gasteiger partial charge is 0.342 e. The van der Waals surface area contributed by atoms with Crippen LogP contribution in [0.2, 0.25) is 0 Å². The lowest BCUT2D eigenvalue weighted by atomic mass is 9.87. The van der Waals surface area contributed by atoms with Crippen molar-refractivity contribution in [1.82, 2.24) is 20.9 Å². The van der Waals surface area contributed by atoms with Gasteiger partial charge in [-0.15, -0.1) is 0 Å². The lowest BCUT2D eigenvalue weighted by Gasteiger charge is -2.37. The van der Waals surface area contributed by atoms with Crippen LogP contribution < -0.4 is 16.0 Å². The highest BCUT2D eigenvalue weighted by atomic mass is 16.2. The first-order chi connectivity index (χ1) is 9.72. The maximum absolute atomic E-state index is 12.1. The van der Waals surface area contributed by atoms with Crippen molar-refractivity contribution >= 4 is 17.8 Å². The Kier molecular flexibility index (Phi) is 4.22. The monoisotopic (exact) mass is 296 g/mol. The van der Waals surface area contributed by atoms with E-state index in [0.29, 0.717) is 38.9 Å². The molecule has 0 saturated carbocycles. The number of amides is 4. The van der Waals surface area contributed by atoms with Gasteiger partial charge in [-0.1, -0.05) is 0 Å². The number of nitrogens with one attached hydrogen (secondary N) is 3. The second-order valence-electron chi connectivity index (χ2n) is 6.80. The number of carbonyl (C=O) groups is 3. The average Bonchev–Trinajstić information content (AvgIpc) is 2.63. The Morgan fingerprint density at radius 2 is 1.90 bits per heavy atom. The molecule has 1 spiro atoms. The normalized spacial score (nSPS) is 21.4. The predicted octanol–water partition coefficient (Wildman–Crippen LogP) is -0.0348. The Morgan fingerprint density at radius 3 is 2.38 bits per heavy atom. The van der Waals surface area contributed by atoms with Crippen molar-refractivity contribution in [3.8, 4) is 0 Å². The van der Waals surface area contributed by atoms with Crippen LogP contribution in [0.4, 0.5) is 4.79 Å². The van der Waals surface area contributed by atoms with Crippen molar-refractivity contribution in [1.29, 1.82) is 0 Å². The van der Waals surface area contributed by atoms with Crippen molar-refractivity contribution in [2.75, 3.05) is 19.6 Å². The number of imide groups is 1. The smallest absolute Gasteiger partial charge is 0.322 e. The lowest BCUT2D eigenvalue weighted by molar-refractivity contribution is -0.135. The summed E-state index contributed by atoms with van der Waals surface area (Å²) in [7, 11) is 0. The summed E-state index contributed by atoms with van der Waals surface area (Å²) in [5.74, 6) is -0.180. The molecule has 2 aliphatic heterocycles. The van der Waals surface area contributed by atoms with Crippen LogP contribution in [-0.2, 0) is 9.59 Å². The van der Waals surface area contributed by atoms with Crippen LogP contribution in [0.15, 0.2) is 0 Å². The molecule has 3 N–H and O–H groups in total. The first kappa shape index (κ1) is 15.8. The van der Waals surface area contributed by atoms with E-state index in [4.69, 9.17) is 0 Å². The van der Waals surface area contributed by atoms with Gasteiger partial charge in [-0.3, -0.25) is 14.9 Å². The number of urea groups is 1. The van der Waals surface area contributed by atoms with Crippen LogP contribution in [0.25, 0.3) is 0 Å². The minimum absolute atomic E-state index is 0.00153. The molecule has 2 rings (SSSR count). The summed E-state index contributed by atoms with van der Waals surface area (Å²) in [6.07, 6.45) is 1.40. The Hall–Kier alpha value is -1.63. The van der Waals surface area contributed by atoms with Gasteiger partial charge >= 0.3 is 6.03 Å². The summed E-state index contributed by atoms with van der Waals surface area (Å²) in [6.45, 7) is 7.82. The lowest BCUT2D eigenvalue weighted by Crippen LogP contribution is -2.56. The molecule has 2 saturated heterocycles. The SMILES string of the molecule is CC(C)(C)NCCC(=O)N1CCC2(CC1)NC(=O)NC2=O. The van der Waals surface area contributed by atoms with E-state index in [-0.39, 0.29) is 17.4 Å². The Labute approximate surface area is 124 Å². The molecule has 0 aromatic heterocycles. The molecule has 0 atom stereocenters. The highest BCUT2D eigenvalue weighted by Gasteiger charge is 2.48. The molecule has 21 heavy (non-hydrogen) atoms. The van der Waals surface area contributed by atoms with Crippen molar-refractivity contribution in [2.45, 2.75) is 51.1 Å². The molecule has 2 fully saturated rings. The summed E-state index contributed by atoms with van der Waals surface area (Å²) < 4.78 is 0. The zero-order valence-corrected chi connectivity index (χ0v) is 12.9. The topological polar surface area (TPSA) is 90.5 Å². The molecule has 2 aliphatic rings. The van der Waals surface area contributed by atoms with E-state index in [9.17, 15) is 14.4 Å². The Bertz CT molecular complexity index is 448. The number of nitrogens with zero attached hydrogens (tertiary/aromatic N) is 1. The quantitative estimate of drug-likeness (QED) is 0.638. The van der Waals surface area contributed by atoms with Gasteiger partial charge < -0.3 is 15.5 Å². The number of piperidine rings is 1. The van der Waals surface area contributed by atoms with Crippen molar-refractivity contribution in [3.63, 3.8) is 0 Å². The highest BCUT2D eigenvalue weighted by Crippen LogP contribution is 2.25. The molecule has 0 bridgehead atoms. The van der Waals surface area contributed by atoms with Crippen molar-refractivity contribution in [3.05, 3.63) is 0 Å². The maximum Gasteiger partial charge on any atom is 0.322 e. The number of likely N-dealkylation sites (tertiary alicyclic amines) is 1. The van der Waals surface area contributed by atoms with Gasteiger partial charge in [0.15, 0.2) is 0 Å². The Morgan fingerprint density at radius 1 is 1.29 bits per heavy atom. The zero-order chi connectivity index (χ0) is 15.7. The maximum atomic E-state index is 12.1. The summed E-state index contributed by atoms with van der Waals surface area (Å²) in [5.41, 5.74) is -0.810. The number of hydrogen-bond donors (Lipinski definition) is 3. The van der Waals surface area contributed by atoms with E-state index in [1.54, 1.807) is 4.90 Å². The predicted molar refractivity (Wildman–Crippen MR) is 77.6 cm³/mol. The molecule has 7 heteroatoms. The molecule has 0 aliphatic carbocycles. The van der Waals surface area contributed by atoms with Gasteiger partial charge in [0.05, 0.1) is 0 Å².